The molecule has 0 bridgehead atoms. The first-order chi connectivity index (χ1) is 13.3. The van der Waals surface area contributed by atoms with E-state index in [9.17, 15) is 34.8 Å². The number of carbonyl (C=O) groups excluding carboxylic acids is 2. The topological polar surface area (TPSA) is 129 Å². The second-order valence-corrected chi connectivity index (χ2v) is 10.00. The van der Waals surface area contributed by atoms with Crippen molar-refractivity contribution in [2.75, 3.05) is 26.2 Å². The van der Waals surface area contributed by atoms with Crippen molar-refractivity contribution in [3.05, 3.63) is 0 Å². The van der Waals surface area contributed by atoms with Crippen LogP contribution in [0.25, 0.3) is 0 Å². The van der Waals surface area contributed by atoms with E-state index in [4.69, 9.17) is 15.2 Å². The molecule has 0 aromatic carbocycles. The van der Waals surface area contributed by atoms with Gasteiger partial charge in [0.2, 0.25) is 0 Å². The normalized spacial score (nSPS) is 14.8. The summed E-state index contributed by atoms with van der Waals surface area (Å²) in [6, 6.07) is 0. The molecule has 9 nitrogen and oxygen atoms in total. The minimum atomic E-state index is -10.7. The van der Waals surface area contributed by atoms with E-state index in [1.54, 1.807) is 41.5 Å². The number of hydrogen-bond acceptors (Lipinski definition) is 4. The van der Waals surface area contributed by atoms with Crippen molar-refractivity contribution in [1.82, 2.24) is 16.0 Å². The molecule has 0 saturated heterocycles. The zero-order valence-electron chi connectivity index (χ0n) is 18.3. The van der Waals surface area contributed by atoms with Crippen LogP contribution < -0.4 is 26.7 Å². The third-order valence-electron chi connectivity index (χ3n) is 2.22. The Labute approximate surface area is 176 Å². The van der Waals surface area contributed by atoms with Gasteiger partial charge in [-0.25, -0.2) is 9.59 Å². The molecule has 0 saturated carbocycles. The molecule has 0 aliphatic heterocycles. The maximum absolute atomic E-state index is 11.4. The summed E-state index contributed by atoms with van der Waals surface area (Å²) in [7, 11) is -10.7. The summed E-state index contributed by atoms with van der Waals surface area (Å²) >= 11 is 0. The van der Waals surface area contributed by atoms with Crippen LogP contribution in [0.4, 0.5) is 34.8 Å². The number of hydrogen-bond donors (Lipinski definition) is 5. The standard InChI is InChI=1S/C15H31N5O4.F6P/c1-14(2,3)23-12(21)19-9-7-17-11(16)18-8-10-20-13(22)24-15(4,5)6;1-7(2,3,4,5)6/h7-10H2,1-6H3,(H,19,21)(H,20,22)(H3,16,17,18);/q;-1/p+1. The van der Waals surface area contributed by atoms with Crippen molar-refractivity contribution in [3.8, 4) is 0 Å². The van der Waals surface area contributed by atoms with E-state index in [2.05, 4.69) is 20.9 Å². The Hall–Kier alpha value is -2.18. The Morgan fingerprint density at radius 2 is 1.10 bits per heavy atom. The van der Waals surface area contributed by atoms with Gasteiger partial charge in [0.05, 0.1) is 26.2 Å². The summed E-state index contributed by atoms with van der Waals surface area (Å²) in [6.45, 7) is 12.4. The molecule has 2 amide bonds. The van der Waals surface area contributed by atoms with Gasteiger partial charge >= 0.3 is 51.1 Å². The van der Waals surface area contributed by atoms with Gasteiger partial charge in [0.15, 0.2) is 0 Å². The van der Waals surface area contributed by atoms with Gasteiger partial charge in [-0.2, -0.15) is 0 Å². The summed E-state index contributed by atoms with van der Waals surface area (Å²) in [5.74, 6) is 0.354. The number of nitrogens with one attached hydrogen (secondary N) is 4. The van der Waals surface area contributed by atoms with Crippen LogP contribution in [0.1, 0.15) is 41.5 Å². The van der Waals surface area contributed by atoms with Crippen molar-refractivity contribution in [2.24, 2.45) is 5.73 Å². The number of guanidine groups is 1. The van der Waals surface area contributed by atoms with Gasteiger partial charge in [0, 0.05) is 0 Å². The van der Waals surface area contributed by atoms with Crippen LogP contribution in [0.5, 0.6) is 0 Å². The summed E-state index contributed by atoms with van der Waals surface area (Å²) in [4.78, 5) is 25.7. The molecule has 0 heterocycles. The van der Waals surface area contributed by atoms with Crippen molar-refractivity contribution in [1.29, 1.82) is 0 Å². The van der Waals surface area contributed by atoms with Gasteiger partial charge in [-0.1, -0.05) is 0 Å². The quantitative estimate of drug-likeness (QED) is 0.128. The summed E-state index contributed by atoms with van der Waals surface area (Å²) < 4.78 is 69.4. The summed E-state index contributed by atoms with van der Waals surface area (Å²) in [6.07, 6.45) is -0.949. The van der Waals surface area contributed by atoms with E-state index in [1.807, 2.05) is 0 Å². The molecule has 0 aliphatic rings. The van der Waals surface area contributed by atoms with E-state index in [1.165, 1.54) is 0 Å². The first kappa shape index (κ1) is 31.0. The van der Waals surface area contributed by atoms with Crippen LogP contribution >= 0.6 is 7.81 Å². The first-order valence-electron chi connectivity index (χ1n) is 8.94. The fourth-order valence-corrected chi connectivity index (χ4v) is 1.41. The Morgan fingerprint density at radius 1 is 0.774 bits per heavy atom. The Balaban J connectivity index is 0. The van der Waals surface area contributed by atoms with Crippen LogP contribution in [0.2, 0.25) is 0 Å². The molecule has 0 aromatic rings. The molecule has 0 aliphatic carbocycles. The van der Waals surface area contributed by atoms with Crippen molar-refractivity contribution in [2.45, 2.75) is 52.7 Å². The second-order valence-electron chi connectivity index (χ2n) is 8.08. The predicted octanol–water partition coefficient (Wildman–Crippen LogP) is 2.40. The number of carbonyl (C=O) groups is 2. The van der Waals surface area contributed by atoms with Crippen molar-refractivity contribution < 1.29 is 49.2 Å². The molecule has 0 unspecified atom stereocenters. The third kappa shape index (κ3) is 39.0. The number of alkyl carbamates (subject to hydrolysis) is 2. The number of halogens is 6. The Bertz CT molecular complexity index is 619. The predicted molar refractivity (Wildman–Crippen MR) is 105 cm³/mol. The zero-order valence-corrected chi connectivity index (χ0v) is 19.1. The van der Waals surface area contributed by atoms with Gasteiger partial charge in [-0.3, -0.25) is 16.0 Å². The molecular formula is C15H32F6N5O4P. The van der Waals surface area contributed by atoms with Crippen LogP contribution in [-0.2, 0) is 9.47 Å². The van der Waals surface area contributed by atoms with Crippen molar-refractivity contribution >= 4 is 26.0 Å². The van der Waals surface area contributed by atoms with Gasteiger partial charge < -0.3 is 20.1 Å². The number of nitrogens with two attached hydrogens (primary N) is 1. The van der Waals surface area contributed by atoms with E-state index < -0.39 is 31.2 Å². The Kier molecular flexibility index (Phi) is 10.4. The number of rotatable bonds is 6. The molecule has 16 heteroatoms. The van der Waals surface area contributed by atoms with E-state index in [0.717, 1.165) is 0 Å². The van der Waals surface area contributed by atoms with Crippen LogP contribution in [0.3, 0.4) is 0 Å². The average Bonchev–Trinajstić information content (AvgIpc) is 2.41. The van der Waals surface area contributed by atoms with Crippen LogP contribution in [0, 0.1) is 0 Å². The molecule has 31 heavy (non-hydrogen) atoms. The van der Waals surface area contributed by atoms with E-state index >= 15 is 0 Å². The molecule has 0 spiro atoms. The zero-order chi connectivity index (χ0) is 25.2. The minimum absolute atomic E-state index is 0.354. The van der Waals surface area contributed by atoms with E-state index in [-0.39, 0.29) is 0 Å². The molecule has 0 aromatic heterocycles. The number of ether oxygens (including phenoxy) is 2. The van der Waals surface area contributed by atoms with Gasteiger partial charge in [0.1, 0.15) is 11.2 Å². The fraction of sp³-hybridized carbons (Fsp3) is 0.800. The third-order valence-corrected chi connectivity index (χ3v) is 2.22. The van der Waals surface area contributed by atoms with Crippen molar-refractivity contribution in [3.63, 3.8) is 0 Å². The van der Waals surface area contributed by atoms with Crippen LogP contribution in [-0.4, -0.2) is 55.5 Å². The fourth-order valence-electron chi connectivity index (χ4n) is 1.41. The molecule has 0 atom stereocenters. The van der Waals surface area contributed by atoms with Gasteiger partial charge in [0.25, 0.3) is 0 Å². The van der Waals surface area contributed by atoms with Crippen LogP contribution in [0.15, 0.2) is 0 Å². The SMILES string of the molecule is CC(C)(C)OC(=O)NCCNC(N)=[NH+]CCNC(=O)OC(C)(C)C.F[P-](F)(F)(F)(F)F. The Morgan fingerprint density at radius 3 is 1.45 bits per heavy atom. The molecule has 188 valence electrons. The first-order valence-corrected chi connectivity index (χ1v) is 11.0. The van der Waals surface area contributed by atoms with E-state index in [0.29, 0.717) is 32.1 Å². The monoisotopic (exact) mass is 491 g/mol. The molecule has 0 fully saturated rings. The molecule has 0 rings (SSSR count). The van der Waals surface area contributed by atoms with Gasteiger partial charge in [-0.05, 0) is 41.5 Å². The molecule has 6 N–H and O–H groups in total. The average molecular weight is 491 g/mol. The molecular weight excluding hydrogens is 459 g/mol. The number of amides is 2. The summed E-state index contributed by atoms with van der Waals surface area (Å²) in [5, 5.41) is 8.11. The summed E-state index contributed by atoms with van der Waals surface area (Å²) in [5.41, 5.74) is 4.67. The molecule has 0 radical (unpaired) electrons. The second kappa shape index (κ2) is 10.4. The van der Waals surface area contributed by atoms with Gasteiger partial charge in [-0.15, -0.1) is 0 Å². The maximum atomic E-state index is 11.4.